The average Bonchev–Trinajstić information content (AvgIpc) is 3.12. The third-order valence-electron chi connectivity index (χ3n) is 4.10. The minimum atomic E-state index is -0.363. The molecule has 3 aromatic rings. The Bertz CT molecular complexity index is 913. The van der Waals surface area contributed by atoms with Gasteiger partial charge in [0.15, 0.2) is 11.0 Å². The summed E-state index contributed by atoms with van der Waals surface area (Å²) < 4.78 is 20.5. The molecule has 1 aromatic heterocycles. The van der Waals surface area contributed by atoms with E-state index in [2.05, 4.69) is 10.2 Å². The molecule has 0 aliphatic rings. The quantitative estimate of drug-likeness (QED) is 0.398. The Morgan fingerprint density at radius 3 is 2.46 bits per heavy atom. The molecule has 0 radical (unpaired) electrons. The lowest BCUT2D eigenvalue weighted by Gasteiger charge is -2.15. The van der Waals surface area contributed by atoms with Gasteiger partial charge in [-0.05, 0) is 49.7 Å². The normalized spacial score (nSPS) is 12.0. The highest BCUT2D eigenvalue weighted by molar-refractivity contribution is 8.00. The monoisotopic (exact) mass is 399 g/mol. The molecular weight excluding hydrogens is 377 g/mol. The molecule has 0 saturated heterocycles. The van der Waals surface area contributed by atoms with Crippen molar-refractivity contribution in [3.05, 3.63) is 60.4 Å². The fourth-order valence-electron chi connectivity index (χ4n) is 2.79. The Morgan fingerprint density at radius 1 is 1.11 bits per heavy atom. The van der Waals surface area contributed by atoms with E-state index in [1.54, 1.807) is 19.1 Å². The zero-order valence-corrected chi connectivity index (χ0v) is 16.7. The van der Waals surface area contributed by atoms with Gasteiger partial charge in [-0.1, -0.05) is 43.3 Å². The van der Waals surface area contributed by atoms with Crippen molar-refractivity contribution < 1.29 is 13.9 Å². The van der Waals surface area contributed by atoms with E-state index in [1.807, 2.05) is 41.8 Å². The molecule has 0 saturated carbocycles. The number of thioether (sulfide) groups is 1. The van der Waals surface area contributed by atoms with Crippen LogP contribution in [-0.4, -0.2) is 32.6 Å². The Morgan fingerprint density at radius 2 is 1.82 bits per heavy atom. The molecule has 5 nitrogen and oxygen atoms in total. The number of ether oxygens (including phenoxy) is 1. The van der Waals surface area contributed by atoms with Crippen LogP contribution in [0.4, 0.5) is 4.39 Å². The summed E-state index contributed by atoms with van der Waals surface area (Å²) in [7, 11) is 0. The van der Waals surface area contributed by atoms with E-state index < -0.39 is 0 Å². The SMILES string of the molecule is CCC[C@H](Sc1nnc(-c2ccc(F)cc2)n1-c1ccccc1)C(=O)OCC. The minimum absolute atomic E-state index is 0.250. The molecule has 3 rings (SSSR count). The predicted octanol–water partition coefficient (Wildman–Crippen LogP) is 4.90. The molecule has 0 N–H and O–H groups in total. The van der Waals surface area contributed by atoms with E-state index in [9.17, 15) is 9.18 Å². The van der Waals surface area contributed by atoms with Crippen LogP contribution in [0, 0.1) is 5.82 Å². The van der Waals surface area contributed by atoms with Gasteiger partial charge in [0.1, 0.15) is 11.1 Å². The molecule has 7 heteroatoms. The molecule has 0 aliphatic carbocycles. The summed E-state index contributed by atoms with van der Waals surface area (Å²) >= 11 is 1.34. The molecular formula is C21H22FN3O2S. The Kier molecular flexibility index (Phi) is 6.81. The maximum Gasteiger partial charge on any atom is 0.319 e. The van der Waals surface area contributed by atoms with Gasteiger partial charge in [0.25, 0.3) is 0 Å². The third kappa shape index (κ3) is 4.59. The van der Waals surface area contributed by atoms with Crippen molar-refractivity contribution in [2.45, 2.75) is 37.1 Å². The molecule has 2 aromatic carbocycles. The van der Waals surface area contributed by atoms with Crippen molar-refractivity contribution in [1.82, 2.24) is 14.8 Å². The third-order valence-corrected chi connectivity index (χ3v) is 5.29. The van der Waals surface area contributed by atoms with Crippen molar-refractivity contribution in [3.63, 3.8) is 0 Å². The number of hydrogen-bond donors (Lipinski definition) is 0. The summed E-state index contributed by atoms with van der Waals surface area (Å²) in [6.07, 6.45) is 1.53. The maximum atomic E-state index is 13.4. The van der Waals surface area contributed by atoms with Crippen LogP contribution in [-0.2, 0) is 9.53 Å². The molecule has 0 bridgehead atoms. The summed E-state index contributed by atoms with van der Waals surface area (Å²) in [5, 5.41) is 8.89. The lowest BCUT2D eigenvalue weighted by Crippen LogP contribution is -2.20. The van der Waals surface area contributed by atoms with Crippen molar-refractivity contribution in [2.75, 3.05) is 6.61 Å². The van der Waals surface area contributed by atoms with Gasteiger partial charge in [0, 0.05) is 11.3 Å². The lowest BCUT2D eigenvalue weighted by molar-refractivity contribution is -0.142. The summed E-state index contributed by atoms with van der Waals surface area (Å²) in [6, 6.07) is 15.8. The van der Waals surface area contributed by atoms with Crippen LogP contribution in [0.2, 0.25) is 0 Å². The number of carbonyl (C=O) groups excluding carboxylic acids is 1. The van der Waals surface area contributed by atoms with Crippen molar-refractivity contribution in [3.8, 4) is 17.1 Å². The van der Waals surface area contributed by atoms with Crippen LogP contribution in [0.15, 0.2) is 59.8 Å². The highest BCUT2D eigenvalue weighted by Gasteiger charge is 2.25. The van der Waals surface area contributed by atoms with Crippen molar-refractivity contribution in [1.29, 1.82) is 0 Å². The van der Waals surface area contributed by atoms with Crippen molar-refractivity contribution in [2.24, 2.45) is 0 Å². The molecule has 0 spiro atoms. The number of aromatic nitrogens is 3. The highest BCUT2D eigenvalue weighted by Crippen LogP contribution is 2.32. The molecule has 0 unspecified atom stereocenters. The summed E-state index contributed by atoms with van der Waals surface area (Å²) in [5.74, 6) is 0.0301. The number of hydrogen-bond acceptors (Lipinski definition) is 5. The largest absolute Gasteiger partial charge is 0.465 e. The molecule has 1 atom stereocenters. The lowest BCUT2D eigenvalue weighted by atomic mass is 10.2. The first kappa shape index (κ1) is 20.1. The summed E-state index contributed by atoms with van der Waals surface area (Å²) in [5.41, 5.74) is 1.61. The number of carbonyl (C=O) groups is 1. The van der Waals surface area contributed by atoms with Crippen LogP contribution in [0.1, 0.15) is 26.7 Å². The summed E-state index contributed by atoms with van der Waals surface area (Å²) in [4.78, 5) is 12.4. The Balaban J connectivity index is 2.03. The standard InChI is InChI=1S/C21H22FN3O2S/c1-3-8-18(20(26)27-4-2)28-21-24-23-19(15-11-13-16(22)14-12-15)25(21)17-9-6-5-7-10-17/h5-7,9-14,18H,3-4,8H2,1-2H3/t18-/m0/s1. The molecule has 0 amide bonds. The average molecular weight is 399 g/mol. The van der Waals surface area contributed by atoms with Gasteiger partial charge in [-0.15, -0.1) is 10.2 Å². The predicted molar refractivity (Wildman–Crippen MR) is 108 cm³/mol. The fourth-order valence-corrected chi connectivity index (χ4v) is 3.95. The Hall–Kier alpha value is -2.67. The van der Waals surface area contributed by atoms with E-state index in [0.29, 0.717) is 24.0 Å². The van der Waals surface area contributed by atoms with Crippen molar-refractivity contribution >= 4 is 17.7 Å². The van der Waals surface area contributed by atoms with Crippen LogP contribution >= 0.6 is 11.8 Å². The first-order valence-electron chi connectivity index (χ1n) is 9.24. The van der Waals surface area contributed by atoms with Crippen LogP contribution in [0.3, 0.4) is 0 Å². The topological polar surface area (TPSA) is 57.0 Å². The maximum absolute atomic E-state index is 13.4. The highest BCUT2D eigenvalue weighted by atomic mass is 32.2. The van der Waals surface area contributed by atoms with E-state index in [0.717, 1.165) is 17.7 Å². The molecule has 0 aliphatic heterocycles. The van der Waals surface area contributed by atoms with Crippen LogP contribution in [0.5, 0.6) is 0 Å². The van der Waals surface area contributed by atoms with Gasteiger partial charge < -0.3 is 4.74 Å². The second-order valence-corrected chi connectivity index (χ2v) is 7.30. The van der Waals surface area contributed by atoms with Gasteiger partial charge in [0.05, 0.1) is 6.61 Å². The molecule has 146 valence electrons. The first-order valence-corrected chi connectivity index (χ1v) is 10.1. The molecule has 1 heterocycles. The number of nitrogens with zero attached hydrogens (tertiary/aromatic N) is 3. The van der Waals surface area contributed by atoms with Gasteiger partial charge in [-0.2, -0.15) is 0 Å². The second-order valence-electron chi connectivity index (χ2n) is 6.13. The number of para-hydroxylation sites is 1. The van der Waals surface area contributed by atoms with E-state index in [1.165, 1.54) is 23.9 Å². The molecule has 0 fully saturated rings. The van der Waals surface area contributed by atoms with Crippen LogP contribution < -0.4 is 0 Å². The van der Waals surface area contributed by atoms with E-state index in [4.69, 9.17) is 4.74 Å². The van der Waals surface area contributed by atoms with Gasteiger partial charge in [-0.25, -0.2) is 4.39 Å². The Labute approximate surface area is 167 Å². The van der Waals surface area contributed by atoms with E-state index >= 15 is 0 Å². The number of rotatable bonds is 8. The fraction of sp³-hybridized carbons (Fsp3) is 0.286. The minimum Gasteiger partial charge on any atom is -0.465 e. The zero-order chi connectivity index (χ0) is 19.9. The number of benzene rings is 2. The van der Waals surface area contributed by atoms with Gasteiger partial charge >= 0.3 is 5.97 Å². The van der Waals surface area contributed by atoms with Crippen LogP contribution in [0.25, 0.3) is 17.1 Å². The summed E-state index contributed by atoms with van der Waals surface area (Å²) in [6.45, 7) is 4.16. The van der Waals surface area contributed by atoms with E-state index in [-0.39, 0.29) is 17.0 Å². The van der Waals surface area contributed by atoms with Gasteiger partial charge in [-0.3, -0.25) is 9.36 Å². The number of esters is 1. The zero-order valence-electron chi connectivity index (χ0n) is 15.8. The van der Waals surface area contributed by atoms with Gasteiger partial charge in [0.2, 0.25) is 0 Å². The second kappa shape index (κ2) is 9.50. The first-order chi connectivity index (χ1) is 13.6. The number of halogens is 1. The smallest absolute Gasteiger partial charge is 0.319 e. The molecule has 28 heavy (non-hydrogen) atoms.